The van der Waals surface area contributed by atoms with Crippen molar-refractivity contribution in [1.82, 2.24) is 0 Å². The number of hydrogen-bond donors (Lipinski definition) is 2. The van der Waals surface area contributed by atoms with Crippen LogP contribution in [0.2, 0.25) is 0 Å². The topological polar surface area (TPSA) is 38.0 Å². The van der Waals surface area contributed by atoms with Gasteiger partial charge in [-0.15, -0.1) is 0 Å². The minimum Gasteiger partial charge on any atom is -0.399 e. The maximum absolute atomic E-state index is 5.75. The third-order valence-electron chi connectivity index (χ3n) is 3.27. The maximum Gasteiger partial charge on any atom is 0.0404 e. The lowest BCUT2D eigenvalue weighted by Gasteiger charge is -2.11. The van der Waals surface area contributed by atoms with Crippen LogP contribution in [0.4, 0.5) is 17.1 Å². The Kier molecular flexibility index (Phi) is 3.88. The number of benzene rings is 2. The largest absolute Gasteiger partial charge is 0.399 e. The number of anilines is 3. The van der Waals surface area contributed by atoms with Crippen LogP contribution < -0.4 is 11.1 Å². The molecule has 2 heteroatoms. The lowest BCUT2D eigenvalue weighted by molar-refractivity contribution is 0.734. The number of rotatable bonds is 4. The summed E-state index contributed by atoms with van der Waals surface area (Å²) in [5.41, 5.74) is 10.0. The highest BCUT2D eigenvalue weighted by molar-refractivity contribution is 5.63. The van der Waals surface area contributed by atoms with Gasteiger partial charge in [0, 0.05) is 17.1 Å². The molecule has 0 amide bonds. The van der Waals surface area contributed by atoms with Crippen molar-refractivity contribution >= 4 is 17.1 Å². The summed E-state index contributed by atoms with van der Waals surface area (Å²) in [5, 5.41) is 3.35. The molecular formula is C16H20N2. The molecule has 2 aromatic carbocycles. The zero-order valence-corrected chi connectivity index (χ0v) is 11.0. The number of nitrogens with one attached hydrogen (secondary N) is 1. The van der Waals surface area contributed by atoms with Gasteiger partial charge in [-0.25, -0.2) is 0 Å². The quantitative estimate of drug-likeness (QED) is 0.771. The van der Waals surface area contributed by atoms with E-state index in [1.54, 1.807) is 0 Å². The molecule has 0 aliphatic carbocycles. The summed E-state index contributed by atoms with van der Waals surface area (Å²) in [6, 6.07) is 16.4. The van der Waals surface area contributed by atoms with E-state index in [4.69, 9.17) is 5.73 Å². The van der Waals surface area contributed by atoms with Gasteiger partial charge in [0.25, 0.3) is 0 Å². The maximum atomic E-state index is 5.75. The van der Waals surface area contributed by atoms with Crippen molar-refractivity contribution < 1.29 is 0 Å². The second-order valence-electron chi connectivity index (χ2n) is 4.68. The molecule has 0 radical (unpaired) electrons. The van der Waals surface area contributed by atoms with Crippen molar-refractivity contribution in [3.05, 3.63) is 54.1 Å². The molecule has 94 valence electrons. The average Bonchev–Trinajstić information content (AvgIpc) is 2.39. The molecule has 0 aliphatic rings. The Morgan fingerprint density at radius 3 is 2.39 bits per heavy atom. The lowest BCUT2D eigenvalue weighted by atomic mass is 9.98. The fraction of sp³-hybridized carbons (Fsp3) is 0.250. The second kappa shape index (κ2) is 5.58. The van der Waals surface area contributed by atoms with Gasteiger partial charge in [0.05, 0.1) is 0 Å². The minimum absolute atomic E-state index is 0.617. The predicted octanol–water partition coefficient (Wildman–Crippen LogP) is 4.53. The standard InChI is InChI=1S/C16H20N2/c1-3-12(2)13-7-9-15(10-8-13)18-16-6-4-5-14(17)11-16/h4-12,18H,3,17H2,1-2H3. The van der Waals surface area contributed by atoms with Crippen molar-refractivity contribution in [2.75, 3.05) is 11.1 Å². The summed E-state index contributed by atoms with van der Waals surface area (Å²) in [5.74, 6) is 0.617. The third-order valence-corrected chi connectivity index (χ3v) is 3.27. The number of hydrogen-bond acceptors (Lipinski definition) is 2. The first-order valence-electron chi connectivity index (χ1n) is 6.41. The smallest absolute Gasteiger partial charge is 0.0404 e. The molecule has 18 heavy (non-hydrogen) atoms. The van der Waals surface area contributed by atoms with Crippen LogP contribution in [0.3, 0.4) is 0 Å². The van der Waals surface area contributed by atoms with Gasteiger partial charge >= 0.3 is 0 Å². The van der Waals surface area contributed by atoms with E-state index in [0.29, 0.717) is 5.92 Å². The van der Waals surface area contributed by atoms with Crippen LogP contribution in [0, 0.1) is 0 Å². The van der Waals surface area contributed by atoms with Gasteiger partial charge in [-0.3, -0.25) is 0 Å². The van der Waals surface area contributed by atoms with Gasteiger partial charge in [-0.05, 0) is 48.2 Å². The Morgan fingerprint density at radius 2 is 1.78 bits per heavy atom. The highest BCUT2D eigenvalue weighted by Crippen LogP contribution is 2.23. The normalized spacial score (nSPS) is 12.1. The van der Waals surface area contributed by atoms with Crippen LogP contribution >= 0.6 is 0 Å². The second-order valence-corrected chi connectivity index (χ2v) is 4.68. The Balaban J connectivity index is 2.11. The average molecular weight is 240 g/mol. The molecule has 0 heterocycles. The third kappa shape index (κ3) is 3.04. The molecule has 0 aromatic heterocycles. The predicted molar refractivity (Wildman–Crippen MR) is 79.3 cm³/mol. The van der Waals surface area contributed by atoms with E-state index in [-0.39, 0.29) is 0 Å². The molecule has 0 bridgehead atoms. The molecule has 1 unspecified atom stereocenters. The summed E-state index contributed by atoms with van der Waals surface area (Å²) in [6.45, 7) is 4.46. The first kappa shape index (κ1) is 12.5. The van der Waals surface area contributed by atoms with Gasteiger partial charge in [0.1, 0.15) is 0 Å². The molecule has 2 rings (SSSR count). The van der Waals surface area contributed by atoms with Crippen molar-refractivity contribution in [2.45, 2.75) is 26.2 Å². The number of nitrogen functional groups attached to an aromatic ring is 1. The Labute approximate surface area is 109 Å². The van der Waals surface area contributed by atoms with Crippen molar-refractivity contribution in [3.63, 3.8) is 0 Å². The Bertz CT molecular complexity index is 503. The van der Waals surface area contributed by atoms with E-state index < -0.39 is 0 Å². The van der Waals surface area contributed by atoms with Crippen molar-refractivity contribution in [3.8, 4) is 0 Å². The van der Waals surface area contributed by atoms with E-state index in [1.807, 2.05) is 24.3 Å². The van der Waals surface area contributed by atoms with E-state index in [0.717, 1.165) is 17.1 Å². The molecule has 2 nitrogen and oxygen atoms in total. The molecular weight excluding hydrogens is 220 g/mol. The molecule has 0 spiro atoms. The molecule has 3 N–H and O–H groups in total. The minimum atomic E-state index is 0.617. The first-order chi connectivity index (χ1) is 8.69. The number of nitrogens with two attached hydrogens (primary N) is 1. The van der Waals surface area contributed by atoms with Gasteiger partial charge < -0.3 is 11.1 Å². The molecule has 0 saturated carbocycles. The van der Waals surface area contributed by atoms with E-state index in [1.165, 1.54) is 12.0 Å². The van der Waals surface area contributed by atoms with E-state index in [2.05, 4.69) is 43.4 Å². The summed E-state index contributed by atoms with van der Waals surface area (Å²) in [7, 11) is 0. The van der Waals surface area contributed by atoms with E-state index >= 15 is 0 Å². The summed E-state index contributed by atoms with van der Waals surface area (Å²) < 4.78 is 0. The Morgan fingerprint density at radius 1 is 1.06 bits per heavy atom. The molecule has 2 aromatic rings. The SMILES string of the molecule is CCC(C)c1ccc(Nc2cccc(N)c2)cc1. The molecule has 0 aliphatic heterocycles. The van der Waals surface area contributed by atoms with Gasteiger partial charge in [0.15, 0.2) is 0 Å². The summed E-state index contributed by atoms with van der Waals surface area (Å²) in [6.07, 6.45) is 1.17. The van der Waals surface area contributed by atoms with Crippen molar-refractivity contribution in [1.29, 1.82) is 0 Å². The highest BCUT2D eigenvalue weighted by atomic mass is 14.9. The van der Waals surface area contributed by atoms with Crippen LogP contribution in [0.25, 0.3) is 0 Å². The monoisotopic (exact) mass is 240 g/mol. The Hall–Kier alpha value is -1.96. The summed E-state index contributed by atoms with van der Waals surface area (Å²) >= 11 is 0. The van der Waals surface area contributed by atoms with Crippen LogP contribution in [0.1, 0.15) is 31.7 Å². The van der Waals surface area contributed by atoms with Crippen molar-refractivity contribution in [2.24, 2.45) is 0 Å². The van der Waals surface area contributed by atoms with Gasteiger partial charge in [-0.1, -0.05) is 32.0 Å². The van der Waals surface area contributed by atoms with Gasteiger partial charge in [0.2, 0.25) is 0 Å². The van der Waals surface area contributed by atoms with Crippen LogP contribution in [0.5, 0.6) is 0 Å². The van der Waals surface area contributed by atoms with Gasteiger partial charge in [-0.2, -0.15) is 0 Å². The lowest BCUT2D eigenvalue weighted by Crippen LogP contribution is -1.94. The van der Waals surface area contributed by atoms with Crippen LogP contribution in [-0.4, -0.2) is 0 Å². The van der Waals surface area contributed by atoms with E-state index in [9.17, 15) is 0 Å². The zero-order valence-electron chi connectivity index (χ0n) is 11.0. The molecule has 1 atom stereocenters. The van der Waals surface area contributed by atoms with Crippen LogP contribution in [0.15, 0.2) is 48.5 Å². The first-order valence-corrected chi connectivity index (χ1v) is 6.41. The zero-order chi connectivity index (χ0) is 13.0. The fourth-order valence-electron chi connectivity index (χ4n) is 1.91. The molecule has 0 fully saturated rings. The summed E-state index contributed by atoms with van der Waals surface area (Å²) in [4.78, 5) is 0. The van der Waals surface area contributed by atoms with Crippen LogP contribution in [-0.2, 0) is 0 Å². The molecule has 0 saturated heterocycles. The fourth-order valence-corrected chi connectivity index (χ4v) is 1.91. The highest BCUT2D eigenvalue weighted by Gasteiger charge is 2.02.